The van der Waals surface area contributed by atoms with Crippen molar-refractivity contribution in [3.05, 3.63) is 24.5 Å². The van der Waals surface area contributed by atoms with E-state index in [0.717, 1.165) is 6.42 Å². The summed E-state index contributed by atoms with van der Waals surface area (Å²) >= 11 is 0. The summed E-state index contributed by atoms with van der Waals surface area (Å²) in [5.41, 5.74) is -0.969. The highest BCUT2D eigenvalue weighted by molar-refractivity contribution is 6.15. The summed E-state index contributed by atoms with van der Waals surface area (Å²) < 4.78 is 13.8. The van der Waals surface area contributed by atoms with Gasteiger partial charge in [-0.15, -0.1) is 10.2 Å². The molecule has 2 aliphatic rings. The first-order valence-corrected chi connectivity index (χ1v) is 16.1. The standard InChI is InChI=1S/C31H48BN7O6/c1-7-26-31(6)27(21(4)33-17-19(2)16-30(5,43)25(32)15-24(40)20(3)28(41)44-26)39(29(42)45-31)14-9-8-13-38-18-23(36-37-38)22-11-10-12-34-35-22/h10-12,18-21,25-27,33,43H,7-9,13-17,32H2,1-6H3/t19-,20-,21-,25-,26-,27-,30+,31-/m1/s1. The topological polar surface area (TPSA) is 162 Å². The molecular formula is C31H48BN7O6. The fourth-order valence-electron chi connectivity index (χ4n) is 6.66. The molecule has 4 rings (SSSR count). The Kier molecular flexibility index (Phi) is 11.0. The molecule has 246 valence electrons. The Labute approximate surface area is 266 Å². The molecule has 0 aliphatic carbocycles. The first kappa shape index (κ1) is 34.5. The van der Waals surface area contributed by atoms with E-state index in [9.17, 15) is 19.5 Å². The minimum absolute atomic E-state index is 0.0650. The quantitative estimate of drug-likeness (QED) is 0.201. The van der Waals surface area contributed by atoms with E-state index in [1.54, 1.807) is 35.7 Å². The molecule has 0 radical (unpaired) electrons. The maximum Gasteiger partial charge on any atom is 0.410 e. The summed E-state index contributed by atoms with van der Waals surface area (Å²) in [5, 5.41) is 31.2. The third-order valence-electron chi connectivity index (χ3n) is 9.57. The lowest BCUT2D eigenvalue weighted by molar-refractivity contribution is -0.169. The molecule has 0 bridgehead atoms. The molecule has 2 N–H and O–H groups in total. The molecule has 45 heavy (non-hydrogen) atoms. The highest BCUT2D eigenvalue weighted by Gasteiger charge is 2.58. The van der Waals surface area contributed by atoms with Gasteiger partial charge in [0.15, 0.2) is 5.60 Å². The monoisotopic (exact) mass is 625 g/mol. The van der Waals surface area contributed by atoms with Crippen LogP contribution in [-0.2, 0) is 25.6 Å². The number of carbonyl (C=O) groups is 3. The highest BCUT2D eigenvalue weighted by atomic mass is 16.6. The first-order valence-electron chi connectivity index (χ1n) is 16.1. The number of Topliss-reactive ketones (excluding diaryl/α,β-unsaturated/α-hetero) is 1. The zero-order valence-corrected chi connectivity index (χ0v) is 27.6. The summed E-state index contributed by atoms with van der Waals surface area (Å²) in [6.07, 6.45) is 4.53. The van der Waals surface area contributed by atoms with E-state index in [2.05, 4.69) is 32.7 Å². The van der Waals surface area contributed by atoms with Crippen molar-refractivity contribution in [2.75, 3.05) is 13.1 Å². The number of carbonyl (C=O) groups excluding carboxylic acids is 3. The Morgan fingerprint density at radius 2 is 1.84 bits per heavy atom. The molecule has 8 atom stereocenters. The second kappa shape index (κ2) is 14.4. The zero-order chi connectivity index (χ0) is 32.9. The Morgan fingerprint density at radius 3 is 2.53 bits per heavy atom. The fraction of sp³-hybridized carbons (Fsp3) is 0.710. The van der Waals surface area contributed by atoms with Crippen LogP contribution in [0, 0.1) is 11.8 Å². The third kappa shape index (κ3) is 7.89. The molecule has 2 saturated heterocycles. The van der Waals surface area contributed by atoms with Crippen molar-refractivity contribution in [3.63, 3.8) is 0 Å². The Bertz CT molecular complexity index is 1330. The number of hydrogen-bond acceptors (Lipinski definition) is 11. The van der Waals surface area contributed by atoms with E-state index in [1.807, 2.05) is 40.9 Å². The van der Waals surface area contributed by atoms with Crippen LogP contribution in [0.15, 0.2) is 24.5 Å². The minimum atomic E-state index is -1.16. The largest absolute Gasteiger partial charge is 0.458 e. The van der Waals surface area contributed by atoms with Gasteiger partial charge in [-0.3, -0.25) is 19.2 Å². The van der Waals surface area contributed by atoms with Crippen molar-refractivity contribution in [2.45, 2.75) is 115 Å². The van der Waals surface area contributed by atoms with E-state index >= 15 is 0 Å². The Hall–Kier alpha value is -3.39. The maximum absolute atomic E-state index is 13.5. The number of aliphatic hydroxyl groups is 1. The number of fused-ring (bicyclic) bond motifs is 1. The van der Waals surface area contributed by atoms with Crippen molar-refractivity contribution in [1.29, 1.82) is 0 Å². The van der Waals surface area contributed by atoms with Crippen molar-refractivity contribution in [1.82, 2.24) is 35.4 Å². The number of aromatic nitrogens is 5. The van der Waals surface area contributed by atoms with Gasteiger partial charge in [0.1, 0.15) is 37.0 Å². The van der Waals surface area contributed by atoms with Crippen LogP contribution in [0.1, 0.15) is 73.6 Å². The molecule has 0 aromatic carbocycles. The number of rotatable bonds is 7. The molecular weight excluding hydrogens is 577 g/mol. The number of amides is 1. The number of nitrogens with one attached hydrogen (secondary N) is 1. The SMILES string of the molecule is B[C@@H]1CC(=O)[C@@H](C)C(=O)O[C@H](CC)[C@@]2(C)OC(=O)N(CCCCn3cc(-c4cccnn4)nn3)[C@@H]2[C@@H](C)NC[C@H](C)C[C@]1(C)O. The van der Waals surface area contributed by atoms with Crippen molar-refractivity contribution >= 4 is 25.7 Å². The van der Waals surface area contributed by atoms with Gasteiger partial charge in [0.05, 0.1) is 17.8 Å². The number of aryl methyl sites for hydroxylation is 1. The Morgan fingerprint density at radius 1 is 1.11 bits per heavy atom. The predicted octanol–water partition coefficient (Wildman–Crippen LogP) is 2.20. The molecule has 2 aromatic rings. The molecule has 0 saturated carbocycles. The first-order chi connectivity index (χ1) is 21.3. The number of hydrogen-bond donors (Lipinski definition) is 2. The number of unbranched alkanes of at least 4 members (excludes halogenated alkanes) is 1. The summed E-state index contributed by atoms with van der Waals surface area (Å²) in [6, 6.07) is 2.93. The van der Waals surface area contributed by atoms with Crippen LogP contribution < -0.4 is 5.32 Å². The van der Waals surface area contributed by atoms with Gasteiger partial charge < -0.3 is 19.9 Å². The summed E-state index contributed by atoms with van der Waals surface area (Å²) in [4.78, 5) is 41.5. The number of cyclic esters (lactones) is 1. The molecule has 2 aliphatic heterocycles. The normalized spacial score (nSPS) is 33.6. The van der Waals surface area contributed by atoms with Crippen LogP contribution in [0.3, 0.4) is 0 Å². The van der Waals surface area contributed by atoms with E-state index in [4.69, 9.17) is 9.47 Å². The van der Waals surface area contributed by atoms with Crippen molar-refractivity contribution < 1.29 is 29.0 Å². The van der Waals surface area contributed by atoms with Gasteiger partial charge in [-0.1, -0.05) is 19.1 Å². The molecule has 4 heterocycles. The number of nitrogens with zero attached hydrogens (tertiary/aromatic N) is 6. The average Bonchev–Trinajstić information content (AvgIpc) is 3.57. The second-order valence-electron chi connectivity index (χ2n) is 13.4. The van der Waals surface area contributed by atoms with Crippen LogP contribution in [0.4, 0.5) is 4.79 Å². The maximum atomic E-state index is 13.5. The lowest BCUT2D eigenvalue weighted by atomic mass is 9.67. The smallest absolute Gasteiger partial charge is 0.410 e. The molecule has 0 spiro atoms. The molecule has 1 amide bonds. The van der Waals surface area contributed by atoms with Gasteiger partial charge in [-0.25, -0.2) is 4.79 Å². The van der Waals surface area contributed by atoms with Crippen LogP contribution in [0.2, 0.25) is 5.82 Å². The van der Waals surface area contributed by atoms with Crippen molar-refractivity contribution in [2.24, 2.45) is 11.8 Å². The van der Waals surface area contributed by atoms with Crippen LogP contribution in [0.25, 0.3) is 11.4 Å². The molecule has 13 nitrogen and oxygen atoms in total. The van der Waals surface area contributed by atoms with E-state index in [0.29, 0.717) is 50.3 Å². The third-order valence-corrected chi connectivity index (χ3v) is 9.57. The minimum Gasteiger partial charge on any atom is -0.458 e. The summed E-state index contributed by atoms with van der Waals surface area (Å²) in [5.74, 6) is -2.19. The lowest BCUT2D eigenvalue weighted by Crippen LogP contribution is -2.60. The second-order valence-corrected chi connectivity index (χ2v) is 13.4. The zero-order valence-electron chi connectivity index (χ0n) is 27.6. The van der Waals surface area contributed by atoms with Gasteiger partial charge in [0, 0.05) is 31.7 Å². The van der Waals surface area contributed by atoms with E-state index in [-0.39, 0.29) is 30.0 Å². The number of ether oxygens (including phenoxy) is 2. The van der Waals surface area contributed by atoms with Gasteiger partial charge in [-0.05, 0) is 83.8 Å². The number of ketones is 1. The van der Waals surface area contributed by atoms with Crippen LogP contribution in [-0.4, -0.2) is 103 Å². The van der Waals surface area contributed by atoms with Gasteiger partial charge in [-0.2, -0.15) is 5.10 Å². The van der Waals surface area contributed by atoms with Crippen molar-refractivity contribution in [3.8, 4) is 11.4 Å². The fourth-order valence-corrected chi connectivity index (χ4v) is 6.66. The summed E-state index contributed by atoms with van der Waals surface area (Å²) in [6.45, 7) is 12.7. The molecule has 0 unspecified atom stereocenters. The molecule has 14 heteroatoms. The Balaban J connectivity index is 1.52. The number of esters is 1. The van der Waals surface area contributed by atoms with Crippen LogP contribution in [0.5, 0.6) is 0 Å². The highest BCUT2D eigenvalue weighted by Crippen LogP contribution is 2.39. The van der Waals surface area contributed by atoms with E-state index in [1.165, 1.54) is 0 Å². The predicted molar refractivity (Wildman–Crippen MR) is 169 cm³/mol. The van der Waals surface area contributed by atoms with Gasteiger partial charge >= 0.3 is 12.1 Å². The average molecular weight is 626 g/mol. The lowest BCUT2D eigenvalue weighted by Gasteiger charge is -2.41. The van der Waals surface area contributed by atoms with E-state index < -0.39 is 41.3 Å². The molecule has 2 fully saturated rings. The van der Waals surface area contributed by atoms with Gasteiger partial charge in [0.25, 0.3) is 0 Å². The van der Waals surface area contributed by atoms with Crippen LogP contribution >= 0.6 is 0 Å². The summed E-state index contributed by atoms with van der Waals surface area (Å²) in [7, 11) is 1.84. The van der Waals surface area contributed by atoms with Gasteiger partial charge in [0.2, 0.25) is 0 Å². The molecule has 2 aromatic heterocycles.